The Bertz CT molecular complexity index is 903. The summed E-state index contributed by atoms with van der Waals surface area (Å²) in [7, 11) is 6.95. The topological polar surface area (TPSA) is 101 Å². The van der Waals surface area contributed by atoms with E-state index in [0.717, 1.165) is 31.5 Å². The number of hydrogen-bond acceptors (Lipinski definition) is 7. The van der Waals surface area contributed by atoms with Gasteiger partial charge in [-0.15, -0.1) is 0 Å². The minimum absolute atomic E-state index is 0.0896. The van der Waals surface area contributed by atoms with Gasteiger partial charge >= 0.3 is 6.03 Å². The van der Waals surface area contributed by atoms with Crippen molar-refractivity contribution >= 4 is 35.1 Å². The molecule has 0 spiro atoms. The molecule has 2 amide bonds. The van der Waals surface area contributed by atoms with Gasteiger partial charge < -0.3 is 30.3 Å². The molecule has 1 aromatic heterocycles. The molecule has 3 N–H and O–H groups in total. The molecule has 168 valence electrons. The summed E-state index contributed by atoms with van der Waals surface area (Å²) in [6.45, 7) is 0. The summed E-state index contributed by atoms with van der Waals surface area (Å²) in [5, 5.41) is 9.64. The molecule has 1 saturated carbocycles. The maximum Gasteiger partial charge on any atom is 0.319 e. The number of nitrogens with one attached hydrogen (secondary N) is 3. The first-order valence-corrected chi connectivity index (χ1v) is 10.5. The van der Waals surface area contributed by atoms with Crippen LogP contribution in [0.3, 0.4) is 0 Å². The maximum atomic E-state index is 12.5. The molecule has 1 aliphatic rings. The Kier molecular flexibility index (Phi) is 7.62. The van der Waals surface area contributed by atoms with E-state index in [9.17, 15) is 4.79 Å². The van der Waals surface area contributed by atoms with E-state index in [1.54, 1.807) is 18.3 Å². The number of urea groups is 1. The predicted octanol–water partition coefficient (Wildman–Crippen LogP) is 3.76. The zero-order valence-electron chi connectivity index (χ0n) is 18.2. The van der Waals surface area contributed by atoms with Crippen molar-refractivity contribution in [3.05, 3.63) is 29.4 Å². The highest BCUT2D eigenvalue weighted by molar-refractivity contribution is 6.32. The molecule has 0 aliphatic heterocycles. The second kappa shape index (κ2) is 10.4. The van der Waals surface area contributed by atoms with Crippen molar-refractivity contribution in [2.45, 2.75) is 37.8 Å². The molecule has 10 heteroatoms. The van der Waals surface area contributed by atoms with Crippen LogP contribution in [0.1, 0.15) is 25.7 Å². The Morgan fingerprint density at radius 3 is 2.42 bits per heavy atom. The molecule has 9 nitrogen and oxygen atoms in total. The van der Waals surface area contributed by atoms with E-state index in [0.29, 0.717) is 28.2 Å². The first-order chi connectivity index (χ1) is 14.9. The van der Waals surface area contributed by atoms with Crippen LogP contribution in [0, 0.1) is 0 Å². The van der Waals surface area contributed by atoms with Gasteiger partial charge in [-0.2, -0.15) is 4.98 Å². The van der Waals surface area contributed by atoms with Crippen LogP contribution < -0.4 is 30.3 Å². The fourth-order valence-electron chi connectivity index (χ4n) is 3.53. The summed E-state index contributed by atoms with van der Waals surface area (Å²) in [4.78, 5) is 23.3. The van der Waals surface area contributed by atoms with Crippen molar-refractivity contribution in [3.63, 3.8) is 0 Å². The third-order valence-electron chi connectivity index (χ3n) is 5.22. The molecule has 0 bridgehead atoms. The fourth-order valence-corrected chi connectivity index (χ4v) is 3.77. The van der Waals surface area contributed by atoms with Crippen molar-refractivity contribution in [2.24, 2.45) is 0 Å². The molecule has 2 aromatic rings. The number of hydrogen-bond donors (Lipinski definition) is 3. The summed E-state index contributed by atoms with van der Waals surface area (Å²) in [6, 6.07) is 5.20. The normalized spacial score (nSPS) is 18.1. The molecule has 0 unspecified atom stereocenters. The smallest absolute Gasteiger partial charge is 0.319 e. The zero-order valence-corrected chi connectivity index (χ0v) is 19.0. The second-order valence-corrected chi connectivity index (χ2v) is 8.02. The maximum absolute atomic E-state index is 12.5. The third-order valence-corrected chi connectivity index (χ3v) is 5.51. The van der Waals surface area contributed by atoms with Crippen molar-refractivity contribution in [1.82, 2.24) is 15.3 Å². The molecule has 1 heterocycles. The SMILES string of the molecule is COc1cc(OC)c(NC(=O)NC2CCC(Nc3nccc(N(C)C)n3)CC2)cc1Cl. The summed E-state index contributed by atoms with van der Waals surface area (Å²) in [6.07, 6.45) is 5.30. The van der Waals surface area contributed by atoms with Crippen LogP contribution in [-0.4, -0.2) is 56.4 Å². The number of benzene rings is 1. The average Bonchev–Trinajstić information content (AvgIpc) is 2.75. The summed E-state index contributed by atoms with van der Waals surface area (Å²) in [5.41, 5.74) is 0.485. The molecular weight excluding hydrogens is 420 g/mol. The molecule has 1 aliphatic carbocycles. The van der Waals surface area contributed by atoms with Gasteiger partial charge in [0.2, 0.25) is 5.95 Å². The molecule has 1 aromatic carbocycles. The van der Waals surface area contributed by atoms with Gasteiger partial charge in [-0.05, 0) is 37.8 Å². The number of nitrogens with zero attached hydrogens (tertiary/aromatic N) is 3. The molecule has 0 atom stereocenters. The van der Waals surface area contributed by atoms with Crippen molar-refractivity contribution in [2.75, 3.05) is 43.8 Å². The van der Waals surface area contributed by atoms with E-state index in [2.05, 4.69) is 25.9 Å². The zero-order chi connectivity index (χ0) is 22.4. The fraction of sp³-hybridized carbons (Fsp3) is 0.476. The number of carbonyl (C=O) groups excluding carboxylic acids is 1. The van der Waals surface area contributed by atoms with Gasteiger partial charge in [-0.1, -0.05) is 11.6 Å². The van der Waals surface area contributed by atoms with Crippen LogP contribution in [0.15, 0.2) is 24.4 Å². The van der Waals surface area contributed by atoms with E-state index >= 15 is 0 Å². The van der Waals surface area contributed by atoms with E-state index in [-0.39, 0.29) is 18.1 Å². The number of rotatable bonds is 7. The van der Waals surface area contributed by atoms with Gasteiger partial charge in [-0.3, -0.25) is 0 Å². The van der Waals surface area contributed by atoms with Gasteiger partial charge in [-0.25, -0.2) is 9.78 Å². The number of ether oxygens (including phenoxy) is 2. The number of anilines is 3. The van der Waals surface area contributed by atoms with Crippen LogP contribution in [-0.2, 0) is 0 Å². The molecule has 0 radical (unpaired) electrons. The summed E-state index contributed by atoms with van der Waals surface area (Å²) in [5.74, 6) is 2.45. The molecule has 1 fully saturated rings. The Morgan fingerprint density at radius 2 is 1.77 bits per heavy atom. The molecular formula is C21H29ClN6O3. The molecule has 3 rings (SSSR count). The minimum atomic E-state index is -0.294. The second-order valence-electron chi connectivity index (χ2n) is 7.61. The van der Waals surface area contributed by atoms with Crippen molar-refractivity contribution in [3.8, 4) is 11.5 Å². The first kappa shape index (κ1) is 22.7. The van der Waals surface area contributed by atoms with E-state index in [1.165, 1.54) is 14.2 Å². The highest BCUT2D eigenvalue weighted by Gasteiger charge is 2.23. The minimum Gasteiger partial charge on any atom is -0.495 e. The number of carbonyl (C=O) groups is 1. The van der Waals surface area contributed by atoms with Crippen molar-refractivity contribution in [1.29, 1.82) is 0 Å². The lowest BCUT2D eigenvalue weighted by atomic mass is 9.91. The lowest BCUT2D eigenvalue weighted by Gasteiger charge is -2.30. The van der Waals surface area contributed by atoms with E-state index in [1.807, 2.05) is 25.1 Å². The number of amides is 2. The average molecular weight is 449 g/mol. The van der Waals surface area contributed by atoms with Gasteiger partial charge in [0.1, 0.15) is 17.3 Å². The lowest BCUT2D eigenvalue weighted by molar-refractivity contribution is 0.243. The first-order valence-electron chi connectivity index (χ1n) is 10.2. The number of halogens is 1. The van der Waals surface area contributed by atoms with Crippen LogP contribution >= 0.6 is 11.6 Å². The largest absolute Gasteiger partial charge is 0.495 e. The predicted molar refractivity (Wildman–Crippen MR) is 123 cm³/mol. The molecule has 0 saturated heterocycles. The number of aromatic nitrogens is 2. The van der Waals surface area contributed by atoms with Crippen LogP contribution in [0.25, 0.3) is 0 Å². The highest BCUT2D eigenvalue weighted by atomic mass is 35.5. The van der Waals surface area contributed by atoms with Crippen LogP contribution in [0.5, 0.6) is 11.5 Å². The molecule has 31 heavy (non-hydrogen) atoms. The van der Waals surface area contributed by atoms with Crippen LogP contribution in [0.2, 0.25) is 5.02 Å². The summed E-state index contributed by atoms with van der Waals surface area (Å²) >= 11 is 6.17. The number of methoxy groups -OCH3 is 2. The Labute approximate surface area is 187 Å². The van der Waals surface area contributed by atoms with E-state index < -0.39 is 0 Å². The summed E-state index contributed by atoms with van der Waals surface area (Å²) < 4.78 is 10.5. The van der Waals surface area contributed by atoms with Gasteiger partial charge in [0, 0.05) is 38.4 Å². The third kappa shape index (κ3) is 6.04. The Hall–Kier alpha value is -2.94. The standard InChI is InChI=1S/C21H29ClN6O3/c1-28(2)19-9-10-23-20(27-19)24-13-5-7-14(8-6-13)25-21(29)26-16-11-15(22)17(30-3)12-18(16)31-4/h9-14H,5-8H2,1-4H3,(H,23,24,27)(H2,25,26,29). The van der Waals surface area contributed by atoms with E-state index in [4.69, 9.17) is 21.1 Å². The Morgan fingerprint density at radius 1 is 1.10 bits per heavy atom. The van der Waals surface area contributed by atoms with Crippen LogP contribution in [0.4, 0.5) is 22.2 Å². The quantitative estimate of drug-likeness (QED) is 0.592. The Balaban J connectivity index is 1.50. The lowest BCUT2D eigenvalue weighted by Crippen LogP contribution is -2.42. The monoisotopic (exact) mass is 448 g/mol. The van der Waals surface area contributed by atoms with Gasteiger partial charge in [0.25, 0.3) is 0 Å². The van der Waals surface area contributed by atoms with Gasteiger partial charge in [0.05, 0.1) is 24.9 Å². The highest BCUT2D eigenvalue weighted by Crippen LogP contribution is 2.35. The van der Waals surface area contributed by atoms with Gasteiger partial charge in [0.15, 0.2) is 0 Å². The van der Waals surface area contributed by atoms with Crippen molar-refractivity contribution < 1.29 is 14.3 Å².